The van der Waals surface area contributed by atoms with Crippen LogP contribution in [0.15, 0.2) is 24.3 Å². The highest BCUT2D eigenvalue weighted by atomic mass is 35.5. The van der Waals surface area contributed by atoms with Gasteiger partial charge in [-0.25, -0.2) is 0 Å². The second-order valence-electron chi connectivity index (χ2n) is 7.06. The molecule has 0 bridgehead atoms. The van der Waals surface area contributed by atoms with E-state index in [1.165, 1.54) is 6.08 Å². The summed E-state index contributed by atoms with van der Waals surface area (Å²) in [5.41, 5.74) is 0.760. The third-order valence-electron chi connectivity index (χ3n) is 4.70. The topological polar surface area (TPSA) is 84.3 Å². The van der Waals surface area contributed by atoms with Gasteiger partial charge >= 0.3 is 0 Å². The van der Waals surface area contributed by atoms with Crippen LogP contribution in [0.1, 0.15) is 12.0 Å². The van der Waals surface area contributed by atoms with Gasteiger partial charge in [0.25, 0.3) is 0 Å². The first kappa shape index (κ1) is 23.6. The van der Waals surface area contributed by atoms with Gasteiger partial charge < -0.3 is 24.9 Å². The second-order valence-corrected chi connectivity index (χ2v) is 7.88. The SMILES string of the molecule is CN(CCO)CC(O)CN1CCN(C(=O)/C=C/c2ccc(Cl)c(Cl)c2)CCC1=O. The molecule has 1 aromatic rings. The number of nitrogens with zero attached hydrogens (tertiary/aromatic N) is 3. The smallest absolute Gasteiger partial charge is 0.246 e. The molecule has 1 heterocycles. The molecule has 0 aliphatic carbocycles. The molecule has 1 unspecified atom stereocenters. The zero-order valence-electron chi connectivity index (χ0n) is 16.4. The zero-order chi connectivity index (χ0) is 21.4. The first-order chi connectivity index (χ1) is 13.8. The molecule has 7 nitrogen and oxygen atoms in total. The van der Waals surface area contributed by atoms with Crippen LogP contribution in [0.4, 0.5) is 0 Å². The zero-order valence-corrected chi connectivity index (χ0v) is 17.9. The molecule has 1 aromatic carbocycles. The Morgan fingerprint density at radius 2 is 2.03 bits per heavy atom. The van der Waals surface area contributed by atoms with Gasteiger partial charge in [0.15, 0.2) is 0 Å². The van der Waals surface area contributed by atoms with Gasteiger partial charge in [0.2, 0.25) is 11.8 Å². The van der Waals surface area contributed by atoms with E-state index in [0.717, 1.165) is 5.56 Å². The van der Waals surface area contributed by atoms with Crippen LogP contribution in [0.2, 0.25) is 10.0 Å². The van der Waals surface area contributed by atoms with Gasteiger partial charge in [-0.05, 0) is 30.8 Å². The van der Waals surface area contributed by atoms with Crippen LogP contribution >= 0.6 is 23.2 Å². The van der Waals surface area contributed by atoms with Crippen molar-refractivity contribution in [3.8, 4) is 0 Å². The maximum absolute atomic E-state index is 12.5. The molecule has 9 heteroatoms. The summed E-state index contributed by atoms with van der Waals surface area (Å²) >= 11 is 11.9. The van der Waals surface area contributed by atoms with E-state index in [2.05, 4.69) is 0 Å². The Labute approximate surface area is 181 Å². The van der Waals surface area contributed by atoms with E-state index in [9.17, 15) is 14.7 Å². The van der Waals surface area contributed by atoms with Gasteiger partial charge in [0.05, 0.1) is 22.8 Å². The minimum absolute atomic E-state index is 0.0126. The quantitative estimate of drug-likeness (QED) is 0.592. The van der Waals surface area contributed by atoms with Crippen molar-refractivity contribution in [2.45, 2.75) is 12.5 Å². The van der Waals surface area contributed by atoms with Crippen molar-refractivity contribution in [3.63, 3.8) is 0 Å². The fourth-order valence-electron chi connectivity index (χ4n) is 3.10. The van der Waals surface area contributed by atoms with Crippen LogP contribution in [0.3, 0.4) is 0 Å². The van der Waals surface area contributed by atoms with Gasteiger partial charge in [0.1, 0.15) is 0 Å². The number of amides is 2. The first-order valence-corrected chi connectivity index (χ1v) is 10.2. The van der Waals surface area contributed by atoms with E-state index in [0.29, 0.717) is 42.8 Å². The molecular formula is C20H27Cl2N3O4. The molecule has 29 heavy (non-hydrogen) atoms. The number of rotatable bonds is 8. The fraction of sp³-hybridized carbons (Fsp3) is 0.500. The predicted molar refractivity (Wildman–Crippen MR) is 114 cm³/mol. The Morgan fingerprint density at radius 3 is 2.72 bits per heavy atom. The molecule has 0 spiro atoms. The van der Waals surface area contributed by atoms with Crippen LogP contribution in [0.5, 0.6) is 0 Å². The fourth-order valence-corrected chi connectivity index (χ4v) is 3.41. The molecule has 2 rings (SSSR count). The average molecular weight is 444 g/mol. The Kier molecular flexibility index (Phi) is 9.39. The summed E-state index contributed by atoms with van der Waals surface area (Å²) in [5, 5.41) is 20.0. The number of β-amino-alcohol motifs (C(OH)–C–C–N with tert-alkyl or cyclic N) is 1. The molecule has 0 radical (unpaired) electrons. The summed E-state index contributed by atoms with van der Waals surface area (Å²) in [7, 11) is 1.80. The summed E-state index contributed by atoms with van der Waals surface area (Å²) < 4.78 is 0. The van der Waals surface area contributed by atoms with Gasteiger partial charge in [0, 0.05) is 51.8 Å². The van der Waals surface area contributed by atoms with Crippen molar-refractivity contribution in [3.05, 3.63) is 39.9 Å². The Hall–Kier alpha value is -1.64. The van der Waals surface area contributed by atoms with E-state index in [-0.39, 0.29) is 31.4 Å². The van der Waals surface area contributed by atoms with E-state index >= 15 is 0 Å². The van der Waals surface area contributed by atoms with Gasteiger partial charge in [-0.2, -0.15) is 0 Å². The van der Waals surface area contributed by atoms with Gasteiger partial charge in [-0.15, -0.1) is 0 Å². The lowest BCUT2D eigenvalue weighted by atomic mass is 10.2. The van der Waals surface area contributed by atoms with Gasteiger partial charge in [-0.1, -0.05) is 29.3 Å². The number of halogens is 2. The molecule has 0 saturated carbocycles. The second kappa shape index (κ2) is 11.5. The predicted octanol–water partition coefficient (Wildman–Crippen LogP) is 1.35. The lowest BCUT2D eigenvalue weighted by molar-refractivity contribution is -0.131. The molecule has 1 atom stereocenters. The third-order valence-corrected chi connectivity index (χ3v) is 5.44. The summed E-state index contributed by atoms with van der Waals surface area (Å²) in [6, 6.07) is 5.11. The Bertz CT molecular complexity index is 744. The molecule has 2 N–H and O–H groups in total. The molecule has 1 aliphatic heterocycles. The van der Waals surface area contributed by atoms with Crippen LogP contribution in [0, 0.1) is 0 Å². The lowest BCUT2D eigenvalue weighted by Gasteiger charge is -2.26. The molecule has 2 amide bonds. The van der Waals surface area contributed by atoms with Crippen LogP contribution < -0.4 is 0 Å². The maximum atomic E-state index is 12.5. The highest BCUT2D eigenvalue weighted by molar-refractivity contribution is 6.42. The summed E-state index contributed by atoms with van der Waals surface area (Å²) in [5.74, 6) is -0.272. The van der Waals surface area contributed by atoms with Crippen molar-refractivity contribution in [2.24, 2.45) is 0 Å². The monoisotopic (exact) mass is 443 g/mol. The van der Waals surface area contributed by atoms with Crippen molar-refractivity contribution in [1.82, 2.24) is 14.7 Å². The van der Waals surface area contributed by atoms with E-state index in [1.807, 2.05) is 0 Å². The summed E-state index contributed by atoms with van der Waals surface area (Å²) in [4.78, 5) is 29.9. The Morgan fingerprint density at radius 1 is 1.28 bits per heavy atom. The van der Waals surface area contributed by atoms with E-state index < -0.39 is 6.10 Å². The minimum atomic E-state index is -0.715. The van der Waals surface area contributed by atoms with Crippen LogP contribution in [-0.4, -0.2) is 95.8 Å². The highest BCUT2D eigenvalue weighted by Crippen LogP contribution is 2.23. The lowest BCUT2D eigenvalue weighted by Crippen LogP contribution is -2.43. The number of aliphatic hydroxyl groups is 2. The molecule has 160 valence electrons. The van der Waals surface area contributed by atoms with Crippen molar-refractivity contribution >= 4 is 41.1 Å². The number of carbonyl (C=O) groups excluding carboxylic acids is 2. The standard InChI is InChI=1S/C20H27Cl2N3O4/c1-23(10-11-26)13-16(27)14-25-9-8-24(7-6-20(25)29)19(28)5-3-15-2-4-17(21)18(22)12-15/h2-5,12,16,26-27H,6-11,13-14H2,1H3/b5-3+. The number of benzene rings is 1. The molecule has 1 aliphatic rings. The van der Waals surface area contributed by atoms with E-state index in [4.69, 9.17) is 28.3 Å². The summed E-state index contributed by atoms with van der Waals surface area (Å²) in [6.07, 6.45) is 2.62. The van der Waals surface area contributed by atoms with Gasteiger partial charge in [-0.3, -0.25) is 9.59 Å². The number of hydrogen-bond acceptors (Lipinski definition) is 5. The molecule has 0 aromatic heterocycles. The normalized spacial score (nSPS) is 16.6. The largest absolute Gasteiger partial charge is 0.395 e. The van der Waals surface area contributed by atoms with Crippen molar-refractivity contribution in [1.29, 1.82) is 0 Å². The molecule has 1 saturated heterocycles. The third kappa shape index (κ3) is 7.60. The minimum Gasteiger partial charge on any atom is -0.395 e. The molecular weight excluding hydrogens is 417 g/mol. The molecule has 1 fully saturated rings. The van der Waals surface area contributed by atoms with E-state index in [1.54, 1.807) is 46.0 Å². The number of hydrogen-bond donors (Lipinski definition) is 2. The van der Waals surface area contributed by atoms with Crippen LogP contribution in [0.25, 0.3) is 6.08 Å². The number of carbonyl (C=O) groups is 2. The van der Waals surface area contributed by atoms with Crippen molar-refractivity contribution < 1.29 is 19.8 Å². The average Bonchev–Trinajstić information content (AvgIpc) is 2.84. The van der Waals surface area contributed by atoms with Crippen molar-refractivity contribution in [2.75, 3.05) is 52.9 Å². The Balaban J connectivity index is 1.90. The maximum Gasteiger partial charge on any atom is 0.246 e. The first-order valence-electron chi connectivity index (χ1n) is 9.47. The number of likely N-dealkylation sites (N-methyl/N-ethyl adjacent to an activating group) is 1. The summed E-state index contributed by atoms with van der Waals surface area (Å²) in [6.45, 7) is 2.13. The number of aliphatic hydroxyl groups excluding tert-OH is 2. The van der Waals surface area contributed by atoms with Crippen LogP contribution in [-0.2, 0) is 9.59 Å². The highest BCUT2D eigenvalue weighted by Gasteiger charge is 2.24.